The molecule has 0 radical (unpaired) electrons. The third-order valence-corrected chi connectivity index (χ3v) is 5.72. The highest BCUT2D eigenvalue weighted by Crippen LogP contribution is 2.18. The van der Waals surface area contributed by atoms with Crippen LogP contribution in [0.3, 0.4) is 0 Å². The van der Waals surface area contributed by atoms with Gasteiger partial charge in [-0.15, -0.1) is 24.0 Å². The van der Waals surface area contributed by atoms with Crippen molar-refractivity contribution in [2.75, 3.05) is 40.8 Å². The number of nitrogens with zero attached hydrogens (tertiary/aromatic N) is 3. The summed E-state index contributed by atoms with van der Waals surface area (Å²) in [4.78, 5) is 9.00. The van der Waals surface area contributed by atoms with E-state index in [1.807, 2.05) is 20.2 Å². The average Bonchev–Trinajstić information content (AvgIpc) is 2.75. The lowest BCUT2D eigenvalue weighted by Crippen LogP contribution is -2.49. The minimum atomic E-state index is -0.205. The lowest BCUT2D eigenvalue weighted by molar-refractivity contribution is 0.198. The van der Waals surface area contributed by atoms with E-state index in [1.54, 1.807) is 19.2 Å². The van der Waals surface area contributed by atoms with Crippen molar-refractivity contribution in [2.45, 2.75) is 31.5 Å². The van der Waals surface area contributed by atoms with Gasteiger partial charge in [-0.05, 0) is 50.2 Å². The van der Waals surface area contributed by atoms with Crippen LogP contribution in [0.5, 0.6) is 0 Å². The monoisotopic (exact) mass is 539 g/mol. The molecule has 1 aliphatic rings. The number of nitrogens with one attached hydrogen (secondary N) is 2. The summed E-state index contributed by atoms with van der Waals surface area (Å²) < 4.78 is 13.7. The van der Waals surface area contributed by atoms with Gasteiger partial charge in [0.05, 0.1) is 6.04 Å². The minimum Gasteiger partial charge on any atom is -0.354 e. The van der Waals surface area contributed by atoms with Crippen molar-refractivity contribution in [3.63, 3.8) is 0 Å². The SMILES string of the molecule is CN=C(NCC(c1cccc(F)c1)N(C)C)NC1CCN(Cc2ccccc2)CC1.I. The van der Waals surface area contributed by atoms with Gasteiger partial charge in [0.15, 0.2) is 5.96 Å². The van der Waals surface area contributed by atoms with Gasteiger partial charge in [-0.3, -0.25) is 9.89 Å². The number of hydrogen-bond acceptors (Lipinski definition) is 3. The van der Waals surface area contributed by atoms with Crippen LogP contribution >= 0.6 is 24.0 Å². The number of aliphatic imine (C=N–C) groups is 1. The number of guanidine groups is 1. The number of rotatable bonds is 7. The molecule has 0 aliphatic carbocycles. The Kier molecular flexibility index (Phi) is 10.7. The highest BCUT2D eigenvalue weighted by atomic mass is 127. The number of likely N-dealkylation sites (N-methyl/N-ethyl adjacent to an activating group) is 1. The van der Waals surface area contributed by atoms with Crippen LogP contribution in [-0.4, -0.2) is 62.6 Å². The van der Waals surface area contributed by atoms with Crippen molar-refractivity contribution in [1.29, 1.82) is 0 Å². The van der Waals surface area contributed by atoms with Crippen molar-refractivity contribution in [3.8, 4) is 0 Å². The summed E-state index contributed by atoms with van der Waals surface area (Å²) in [5.41, 5.74) is 2.32. The molecule has 5 nitrogen and oxygen atoms in total. The van der Waals surface area contributed by atoms with Crippen molar-refractivity contribution < 1.29 is 4.39 Å². The van der Waals surface area contributed by atoms with Gasteiger partial charge in [-0.25, -0.2) is 4.39 Å². The molecule has 1 aliphatic heterocycles. The molecule has 1 unspecified atom stereocenters. The summed E-state index contributed by atoms with van der Waals surface area (Å²) in [5.74, 6) is 0.601. The first-order chi connectivity index (χ1) is 14.5. The Hall–Kier alpha value is -1.71. The van der Waals surface area contributed by atoms with Crippen LogP contribution in [0.25, 0.3) is 0 Å². The fourth-order valence-electron chi connectivity index (χ4n) is 3.97. The zero-order valence-electron chi connectivity index (χ0n) is 18.7. The summed E-state index contributed by atoms with van der Waals surface area (Å²) in [7, 11) is 5.82. The van der Waals surface area contributed by atoms with E-state index in [9.17, 15) is 4.39 Å². The average molecular weight is 539 g/mol. The number of halogens is 2. The van der Waals surface area contributed by atoms with Gasteiger partial charge in [0.2, 0.25) is 0 Å². The lowest BCUT2D eigenvalue weighted by Gasteiger charge is -2.33. The molecule has 31 heavy (non-hydrogen) atoms. The highest BCUT2D eigenvalue weighted by Gasteiger charge is 2.21. The van der Waals surface area contributed by atoms with E-state index < -0.39 is 0 Å². The van der Waals surface area contributed by atoms with Crippen LogP contribution in [-0.2, 0) is 6.54 Å². The maximum atomic E-state index is 13.7. The Labute approximate surface area is 203 Å². The van der Waals surface area contributed by atoms with Crippen molar-refractivity contribution in [3.05, 3.63) is 71.5 Å². The summed E-state index contributed by atoms with van der Waals surface area (Å²) in [6.45, 7) is 3.82. The van der Waals surface area contributed by atoms with E-state index >= 15 is 0 Å². The first kappa shape index (κ1) is 25.5. The molecule has 7 heteroatoms. The topological polar surface area (TPSA) is 42.9 Å². The van der Waals surface area contributed by atoms with Crippen LogP contribution in [0.2, 0.25) is 0 Å². The van der Waals surface area contributed by atoms with E-state index in [0.717, 1.165) is 44.0 Å². The van der Waals surface area contributed by atoms with Crippen LogP contribution in [0.4, 0.5) is 4.39 Å². The third-order valence-electron chi connectivity index (χ3n) is 5.72. The van der Waals surface area contributed by atoms with Crippen molar-refractivity contribution >= 4 is 29.9 Å². The molecule has 0 saturated carbocycles. The molecule has 2 aromatic rings. The molecule has 170 valence electrons. The molecule has 1 fully saturated rings. The van der Waals surface area contributed by atoms with E-state index in [2.05, 4.69) is 55.8 Å². The van der Waals surface area contributed by atoms with Crippen molar-refractivity contribution in [1.82, 2.24) is 20.4 Å². The predicted octanol–water partition coefficient (Wildman–Crippen LogP) is 3.88. The molecular formula is C24H35FIN5. The second kappa shape index (κ2) is 13.0. The maximum absolute atomic E-state index is 13.7. The minimum absolute atomic E-state index is 0. The predicted molar refractivity (Wildman–Crippen MR) is 137 cm³/mol. The molecule has 1 atom stereocenters. The number of likely N-dealkylation sites (tertiary alicyclic amines) is 1. The van der Waals surface area contributed by atoms with Crippen LogP contribution < -0.4 is 10.6 Å². The van der Waals surface area contributed by atoms with Gasteiger partial charge in [-0.1, -0.05) is 42.5 Å². The zero-order chi connectivity index (χ0) is 21.3. The molecule has 1 heterocycles. The third kappa shape index (κ3) is 8.05. The van der Waals surface area contributed by atoms with Crippen molar-refractivity contribution in [2.24, 2.45) is 4.99 Å². The van der Waals surface area contributed by atoms with Gasteiger partial charge in [0.1, 0.15) is 5.82 Å². The van der Waals surface area contributed by atoms with E-state index in [4.69, 9.17) is 0 Å². The van der Waals surface area contributed by atoms with E-state index in [0.29, 0.717) is 12.6 Å². The molecule has 3 rings (SSSR count). The highest BCUT2D eigenvalue weighted by molar-refractivity contribution is 14.0. The Morgan fingerprint density at radius 3 is 2.45 bits per heavy atom. The molecule has 0 spiro atoms. The molecule has 1 saturated heterocycles. The van der Waals surface area contributed by atoms with Gasteiger partial charge in [-0.2, -0.15) is 0 Å². The van der Waals surface area contributed by atoms with E-state index in [1.165, 1.54) is 11.6 Å². The first-order valence-electron chi connectivity index (χ1n) is 10.7. The summed E-state index contributed by atoms with van der Waals surface area (Å²) in [6, 6.07) is 17.9. The van der Waals surface area contributed by atoms with Crippen LogP contribution in [0, 0.1) is 5.82 Å². The summed E-state index contributed by atoms with van der Waals surface area (Å²) >= 11 is 0. The maximum Gasteiger partial charge on any atom is 0.191 e. The van der Waals surface area contributed by atoms with Gasteiger partial charge < -0.3 is 15.5 Å². The summed E-state index contributed by atoms with van der Waals surface area (Å²) in [6.07, 6.45) is 2.18. The number of benzene rings is 2. The largest absolute Gasteiger partial charge is 0.354 e. The molecule has 0 aromatic heterocycles. The Bertz CT molecular complexity index is 807. The number of hydrogen-bond donors (Lipinski definition) is 2. The Morgan fingerprint density at radius 2 is 1.84 bits per heavy atom. The lowest BCUT2D eigenvalue weighted by atomic mass is 10.0. The quantitative estimate of drug-likeness (QED) is 0.319. The van der Waals surface area contributed by atoms with Gasteiger partial charge >= 0.3 is 0 Å². The molecule has 2 N–H and O–H groups in total. The number of piperidine rings is 1. The Morgan fingerprint density at radius 1 is 1.13 bits per heavy atom. The molecular weight excluding hydrogens is 504 g/mol. The smallest absolute Gasteiger partial charge is 0.191 e. The van der Waals surface area contributed by atoms with E-state index in [-0.39, 0.29) is 35.8 Å². The first-order valence-corrected chi connectivity index (χ1v) is 10.7. The zero-order valence-corrected chi connectivity index (χ0v) is 21.1. The molecule has 0 amide bonds. The second-order valence-electron chi connectivity index (χ2n) is 8.17. The molecule has 2 aromatic carbocycles. The normalized spacial score (nSPS) is 16.6. The fraction of sp³-hybridized carbons (Fsp3) is 0.458. The Balaban J connectivity index is 0.00000341. The fourth-order valence-corrected chi connectivity index (χ4v) is 3.97. The summed E-state index contributed by atoms with van der Waals surface area (Å²) in [5, 5.41) is 7.00. The van der Waals surface area contributed by atoms with Gasteiger partial charge in [0.25, 0.3) is 0 Å². The standard InChI is InChI=1S/C24H34FN5.HI/c1-26-24(27-17-23(29(2)3)20-10-7-11-21(25)16-20)28-22-12-14-30(15-13-22)18-19-8-5-4-6-9-19;/h4-11,16,22-23H,12-15,17-18H2,1-3H3,(H2,26,27,28);1H. The second-order valence-corrected chi connectivity index (χ2v) is 8.17. The van der Waals surface area contributed by atoms with Crippen LogP contribution in [0.1, 0.15) is 30.0 Å². The molecule has 0 bridgehead atoms. The van der Waals surface area contributed by atoms with Crippen LogP contribution in [0.15, 0.2) is 59.6 Å². The van der Waals surface area contributed by atoms with Gasteiger partial charge in [0, 0.05) is 39.3 Å².